The number of likely N-dealkylation sites (tertiary alicyclic amines) is 1. The Bertz CT molecular complexity index is 548. The number of amides is 1. The van der Waals surface area contributed by atoms with E-state index in [0.717, 1.165) is 42.9 Å². The van der Waals surface area contributed by atoms with Crippen LogP contribution in [-0.4, -0.2) is 43.2 Å². The standard InChI is InChI=1S/C18H27BrN2OS.ClH/c1-13-11-17(14(2)10-16(13)19)23-12-18(22)21-8-5-15(6-9-21)4-7-20-3;/h10-11,15,20H,4-9,12H2,1-3H3;1H. The smallest absolute Gasteiger partial charge is 0.232 e. The molecule has 1 fully saturated rings. The van der Waals surface area contributed by atoms with E-state index < -0.39 is 0 Å². The maximum atomic E-state index is 12.4. The average molecular weight is 436 g/mol. The molecule has 1 N–H and O–H groups in total. The van der Waals surface area contributed by atoms with E-state index in [1.807, 2.05) is 11.9 Å². The van der Waals surface area contributed by atoms with Gasteiger partial charge in [-0.3, -0.25) is 4.79 Å². The van der Waals surface area contributed by atoms with Gasteiger partial charge in [0.05, 0.1) is 5.75 Å². The summed E-state index contributed by atoms with van der Waals surface area (Å²) in [4.78, 5) is 15.7. The highest BCUT2D eigenvalue weighted by Crippen LogP contribution is 2.29. The maximum absolute atomic E-state index is 12.4. The van der Waals surface area contributed by atoms with Crippen molar-refractivity contribution in [1.29, 1.82) is 0 Å². The molecule has 1 aliphatic heterocycles. The number of thioether (sulfide) groups is 1. The zero-order valence-corrected chi connectivity index (χ0v) is 18.0. The summed E-state index contributed by atoms with van der Waals surface area (Å²) in [6.45, 7) is 7.12. The lowest BCUT2D eigenvalue weighted by Gasteiger charge is -2.32. The number of hydrogen-bond acceptors (Lipinski definition) is 3. The van der Waals surface area contributed by atoms with Crippen molar-refractivity contribution in [2.75, 3.05) is 32.4 Å². The molecule has 0 aromatic heterocycles. The minimum Gasteiger partial charge on any atom is -0.342 e. The Morgan fingerprint density at radius 2 is 1.96 bits per heavy atom. The number of carbonyl (C=O) groups excluding carboxylic acids is 1. The van der Waals surface area contributed by atoms with Crippen LogP contribution in [0.3, 0.4) is 0 Å². The van der Waals surface area contributed by atoms with Gasteiger partial charge in [0, 0.05) is 22.5 Å². The normalized spacial score (nSPS) is 15.2. The Kier molecular flexibility index (Phi) is 9.72. The molecule has 0 radical (unpaired) electrons. The van der Waals surface area contributed by atoms with Crippen molar-refractivity contribution in [3.63, 3.8) is 0 Å². The summed E-state index contributed by atoms with van der Waals surface area (Å²) in [5.74, 6) is 1.60. The quantitative estimate of drug-likeness (QED) is 0.671. The first-order chi connectivity index (χ1) is 11.0. The number of aryl methyl sites for hydroxylation is 2. The summed E-state index contributed by atoms with van der Waals surface area (Å²) < 4.78 is 1.13. The third-order valence-corrected chi connectivity index (χ3v) is 6.57. The topological polar surface area (TPSA) is 32.3 Å². The van der Waals surface area contributed by atoms with E-state index in [9.17, 15) is 4.79 Å². The number of carbonyl (C=O) groups is 1. The van der Waals surface area contributed by atoms with Crippen LogP contribution in [0.4, 0.5) is 0 Å². The van der Waals surface area contributed by atoms with E-state index >= 15 is 0 Å². The fourth-order valence-electron chi connectivity index (χ4n) is 2.96. The van der Waals surface area contributed by atoms with Gasteiger partial charge in [-0.25, -0.2) is 0 Å². The molecule has 1 aromatic carbocycles. The molecule has 1 aliphatic rings. The third-order valence-electron chi connectivity index (χ3n) is 4.58. The van der Waals surface area contributed by atoms with Gasteiger partial charge in [-0.2, -0.15) is 0 Å². The number of benzene rings is 1. The van der Waals surface area contributed by atoms with E-state index in [0.29, 0.717) is 5.75 Å². The van der Waals surface area contributed by atoms with Crippen LogP contribution in [0, 0.1) is 19.8 Å². The van der Waals surface area contributed by atoms with Gasteiger partial charge in [0.25, 0.3) is 0 Å². The molecule has 0 aliphatic carbocycles. The number of halogens is 2. The van der Waals surface area contributed by atoms with Crippen molar-refractivity contribution < 1.29 is 4.79 Å². The summed E-state index contributed by atoms with van der Waals surface area (Å²) in [6.07, 6.45) is 3.52. The van der Waals surface area contributed by atoms with E-state index in [-0.39, 0.29) is 18.3 Å². The Balaban J connectivity index is 0.00000288. The Labute approximate surface area is 164 Å². The molecule has 0 spiro atoms. The molecule has 6 heteroatoms. The number of rotatable bonds is 6. The fraction of sp³-hybridized carbons (Fsp3) is 0.611. The monoisotopic (exact) mass is 434 g/mol. The van der Waals surface area contributed by atoms with Crippen LogP contribution in [0.15, 0.2) is 21.5 Å². The van der Waals surface area contributed by atoms with Crippen molar-refractivity contribution in [2.45, 2.75) is 38.0 Å². The highest BCUT2D eigenvalue weighted by Gasteiger charge is 2.22. The summed E-state index contributed by atoms with van der Waals surface area (Å²) in [5, 5.41) is 3.21. The lowest BCUT2D eigenvalue weighted by Crippen LogP contribution is -2.39. The highest BCUT2D eigenvalue weighted by atomic mass is 79.9. The lowest BCUT2D eigenvalue weighted by molar-refractivity contribution is -0.129. The summed E-state index contributed by atoms with van der Waals surface area (Å²) in [5.41, 5.74) is 2.45. The second kappa shape index (κ2) is 10.7. The van der Waals surface area contributed by atoms with Crippen LogP contribution >= 0.6 is 40.1 Å². The summed E-state index contributed by atoms with van der Waals surface area (Å²) in [7, 11) is 2.00. The van der Waals surface area contributed by atoms with Crippen molar-refractivity contribution in [2.24, 2.45) is 5.92 Å². The SMILES string of the molecule is CNCCC1CCN(C(=O)CSc2cc(C)c(Br)cc2C)CC1.Cl. The molecular weight excluding hydrogens is 408 g/mol. The average Bonchev–Trinajstić information content (AvgIpc) is 2.55. The minimum absolute atomic E-state index is 0. The number of piperidine rings is 1. The molecule has 3 nitrogen and oxygen atoms in total. The van der Waals surface area contributed by atoms with Gasteiger partial charge in [0.2, 0.25) is 5.91 Å². The van der Waals surface area contributed by atoms with Crippen molar-refractivity contribution in [3.8, 4) is 0 Å². The van der Waals surface area contributed by atoms with Crippen molar-refractivity contribution in [3.05, 3.63) is 27.7 Å². The van der Waals surface area contributed by atoms with Gasteiger partial charge in [-0.05, 0) is 75.9 Å². The van der Waals surface area contributed by atoms with Crippen molar-refractivity contribution in [1.82, 2.24) is 10.2 Å². The highest BCUT2D eigenvalue weighted by molar-refractivity contribution is 9.10. The first-order valence-corrected chi connectivity index (χ1v) is 10.1. The Hall–Kier alpha value is -0.230. The molecule has 2 rings (SSSR count). The zero-order chi connectivity index (χ0) is 16.8. The molecule has 1 aromatic rings. The number of nitrogens with one attached hydrogen (secondary N) is 1. The molecule has 24 heavy (non-hydrogen) atoms. The van der Waals surface area contributed by atoms with Crippen LogP contribution in [0.5, 0.6) is 0 Å². The van der Waals surface area contributed by atoms with E-state index in [1.165, 1.54) is 22.4 Å². The number of nitrogens with zero attached hydrogens (tertiary/aromatic N) is 1. The van der Waals surface area contributed by atoms with Gasteiger partial charge in [0.1, 0.15) is 0 Å². The minimum atomic E-state index is 0. The van der Waals surface area contributed by atoms with Crippen molar-refractivity contribution >= 4 is 46.0 Å². The largest absolute Gasteiger partial charge is 0.342 e. The second-order valence-electron chi connectivity index (χ2n) is 6.37. The second-order valence-corrected chi connectivity index (χ2v) is 8.24. The van der Waals surface area contributed by atoms with Crippen LogP contribution in [-0.2, 0) is 4.79 Å². The first kappa shape index (κ1) is 21.8. The molecule has 0 atom stereocenters. The zero-order valence-electron chi connectivity index (χ0n) is 14.7. The molecule has 1 saturated heterocycles. The van der Waals surface area contributed by atoms with Crippen LogP contribution in [0.2, 0.25) is 0 Å². The molecular formula is C18H28BrClN2OS. The number of hydrogen-bond donors (Lipinski definition) is 1. The predicted octanol–water partition coefficient (Wildman–Crippen LogP) is 4.43. The third kappa shape index (κ3) is 6.25. The van der Waals surface area contributed by atoms with Gasteiger partial charge in [-0.1, -0.05) is 15.9 Å². The van der Waals surface area contributed by atoms with E-state index in [1.54, 1.807) is 11.8 Å². The van der Waals surface area contributed by atoms with E-state index in [2.05, 4.69) is 47.2 Å². The van der Waals surface area contributed by atoms with Crippen LogP contribution < -0.4 is 5.32 Å². The predicted molar refractivity (Wildman–Crippen MR) is 109 cm³/mol. The molecule has 0 bridgehead atoms. The summed E-state index contributed by atoms with van der Waals surface area (Å²) in [6, 6.07) is 4.30. The molecule has 136 valence electrons. The Morgan fingerprint density at radius 3 is 2.58 bits per heavy atom. The van der Waals surface area contributed by atoms with Crippen LogP contribution in [0.1, 0.15) is 30.4 Å². The van der Waals surface area contributed by atoms with Gasteiger partial charge in [-0.15, -0.1) is 24.2 Å². The van der Waals surface area contributed by atoms with Gasteiger partial charge in [0.15, 0.2) is 0 Å². The first-order valence-electron chi connectivity index (χ1n) is 8.33. The molecule has 1 heterocycles. The lowest BCUT2D eigenvalue weighted by atomic mass is 9.93. The van der Waals surface area contributed by atoms with Gasteiger partial charge < -0.3 is 10.2 Å². The fourth-order valence-corrected chi connectivity index (χ4v) is 4.43. The molecule has 0 saturated carbocycles. The summed E-state index contributed by atoms with van der Waals surface area (Å²) >= 11 is 5.22. The van der Waals surface area contributed by atoms with E-state index in [4.69, 9.17) is 0 Å². The van der Waals surface area contributed by atoms with Gasteiger partial charge >= 0.3 is 0 Å². The van der Waals surface area contributed by atoms with Crippen LogP contribution in [0.25, 0.3) is 0 Å². The molecule has 1 amide bonds. The maximum Gasteiger partial charge on any atom is 0.232 e. The molecule has 0 unspecified atom stereocenters. The Morgan fingerprint density at radius 1 is 1.29 bits per heavy atom.